The number of halogens is 4. The van der Waals surface area contributed by atoms with E-state index in [0.29, 0.717) is 28.1 Å². The van der Waals surface area contributed by atoms with Gasteiger partial charge in [0.2, 0.25) is 0 Å². The Kier molecular flexibility index (Phi) is 7.19. The Morgan fingerprint density at radius 2 is 1.50 bits per heavy atom. The zero-order valence-corrected chi connectivity index (χ0v) is 18.4. The van der Waals surface area contributed by atoms with Crippen LogP contribution >= 0.6 is 15.9 Å². The van der Waals surface area contributed by atoms with Crippen molar-refractivity contribution in [2.24, 2.45) is 0 Å². The largest absolute Gasteiger partial charge is 0.493 e. The summed E-state index contributed by atoms with van der Waals surface area (Å²) < 4.78 is 44.5. The van der Waals surface area contributed by atoms with Crippen LogP contribution in [-0.4, -0.2) is 18.4 Å². The van der Waals surface area contributed by atoms with Crippen LogP contribution in [0.15, 0.2) is 71.2 Å². The predicted octanol–water partition coefficient (Wildman–Crippen LogP) is 6.37. The maximum Gasteiger partial charge on any atom is 0.416 e. The minimum absolute atomic E-state index is 0.0308. The molecule has 3 aromatic carbocycles. The van der Waals surface area contributed by atoms with Crippen LogP contribution in [0.2, 0.25) is 0 Å². The molecule has 166 valence electrons. The molecule has 0 aliphatic heterocycles. The summed E-state index contributed by atoms with van der Waals surface area (Å²) in [5, 5.41) is 5.15. The highest BCUT2D eigenvalue weighted by atomic mass is 79.9. The monoisotopic (exact) mass is 506 g/mol. The number of amides is 2. The number of ether oxygens (including phenoxy) is 1. The fourth-order valence-corrected chi connectivity index (χ4v) is 3.29. The van der Waals surface area contributed by atoms with Gasteiger partial charge in [0.05, 0.1) is 16.6 Å². The van der Waals surface area contributed by atoms with E-state index in [4.69, 9.17) is 4.74 Å². The highest BCUT2D eigenvalue weighted by Crippen LogP contribution is 2.31. The highest BCUT2D eigenvalue weighted by Gasteiger charge is 2.30. The lowest BCUT2D eigenvalue weighted by Gasteiger charge is -2.11. The molecule has 0 saturated heterocycles. The van der Waals surface area contributed by atoms with E-state index in [-0.39, 0.29) is 17.2 Å². The van der Waals surface area contributed by atoms with Crippen molar-refractivity contribution in [2.75, 3.05) is 17.2 Å². The van der Waals surface area contributed by atoms with Crippen LogP contribution in [0.25, 0.3) is 0 Å². The van der Waals surface area contributed by atoms with Gasteiger partial charge in [-0.25, -0.2) is 0 Å². The molecule has 0 fully saturated rings. The molecule has 0 aliphatic rings. The summed E-state index contributed by atoms with van der Waals surface area (Å²) in [6.45, 7) is 2.36. The summed E-state index contributed by atoms with van der Waals surface area (Å²) in [5.41, 5.74) is 0.268. The molecule has 0 aromatic heterocycles. The SMILES string of the molecule is CCOc1ccc(C(=O)Nc2ccc(C(=O)Nc3cccc(C(F)(F)F)c3)cc2)cc1Br. The number of rotatable bonds is 6. The van der Waals surface area contributed by atoms with E-state index in [9.17, 15) is 22.8 Å². The standard InChI is InChI=1S/C23H18BrF3N2O3/c1-2-32-20-11-8-15(12-19(20)24)22(31)28-17-9-6-14(7-10-17)21(30)29-18-5-3-4-16(13-18)23(25,26)27/h3-13H,2H2,1H3,(H,28,31)(H,29,30). The topological polar surface area (TPSA) is 67.4 Å². The van der Waals surface area contributed by atoms with E-state index < -0.39 is 17.6 Å². The van der Waals surface area contributed by atoms with Gasteiger partial charge in [-0.1, -0.05) is 6.07 Å². The molecule has 0 saturated carbocycles. The van der Waals surface area contributed by atoms with Gasteiger partial charge in [0, 0.05) is 22.5 Å². The minimum Gasteiger partial charge on any atom is -0.493 e. The molecule has 0 heterocycles. The number of alkyl halides is 3. The zero-order chi connectivity index (χ0) is 23.3. The average molecular weight is 507 g/mol. The maximum atomic E-state index is 12.8. The molecule has 0 aliphatic carbocycles. The zero-order valence-electron chi connectivity index (χ0n) is 16.8. The van der Waals surface area contributed by atoms with Gasteiger partial charge in [0.1, 0.15) is 5.75 Å². The van der Waals surface area contributed by atoms with Crippen molar-refractivity contribution in [2.45, 2.75) is 13.1 Å². The van der Waals surface area contributed by atoms with Crippen LogP contribution < -0.4 is 15.4 Å². The second kappa shape index (κ2) is 9.86. The first-order valence-corrected chi connectivity index (χ1v) is 10.3. The predicted molar refractivity (Wildman–Crippen MR) is 119 cm³/mol. The smallest absolute Gasteiger partial charge is 0.416 e. The molecule has 0 radical (unpaired) electrons. The minimum atomic E-state index is -4.50. The third-order valence-electron chi connectivity index (χ3n) is 4.35. The van der Waals surface area contributed by atoms with E-state index in [0.717, 1.165) is 12.1 Å². The average Bonchev–Trinajstić information content (AvgIpc) is 2.75. The first-order chi connectivity index (χ1) is 15.2. The van der Waals surface area contributed by atoms with Gasteiger partial charge in [0.15, 0.2) is 0 Å². The lowest BCUT2D eigenvalue weighted by molar-refractivity contribution is -0.137. The number of carbonyl (C=O) groups is 2. The summed E-state index contributed by atoms with van der Waals surface area (Å²) >= 11 is 3.36. The van der Waals surface area contributed by atoms with E-state index in [2.05, 4.69) is 26.6 Å². The Labute approximate surface area is 190 Å². The molecule has 0 spiro atoms. The lowest BCUT2D eigenvalue weighted by Crippen LogP contribution is -2.14. The van der Waals surface area contributed by atoms with Crippen molar-refractivity contribution >= 4 is 39.1 Å². The lowest BCUT2D eigenvalue weighted by atomic mass is 10.1. The molecule has 3 aromatic rings. The molecule has 3 rings (SSSR count). The van der Waals surface area contributed by atoms with Gasteiger partial charge >= 0.3 is 6.18 Å². The fraction of sp³-hybridized carbons (Fsp3) is 0.130. The first kappa shape index (κ1) is 23.3. The highest BCUT2D eigenvalue weighted by molar-refractivity contribution is 9.10. The second-order valence-electron chi connectivity index (χ2n) is 6.64. The molecule has 0 unspecified atom stereocenters. The number of anilines is 2. The molecule has 2 amide bonds. The maximum absolute atomic E-state index is 12.8. The molecular weight excluding hydrogens is 489 g/mol. The number of carbonyl (C=O) groups excluding carboxylic acids is 2. The summed E-state index contributed by atoms with van der Waals surface area (Å²) in [6, 6.07) is 15.3. The quantitative estimate of drug-likeness (QED) is 0.408. The summed E-state index contributed by atoms with van der Waals surface area (Å²) in [4.78, 5) is 24.8. The Morgan fingerprint density at radius 3 is 2.12 bits per heavy atom. The Morgan fingerprint density at radius 1 is 0.875 bits per heavy atom. The molecule has 2 N–H and O–H groups in total. The van der Waals surface area contributed by atoms with Crippen molar-refractivity contribution in [1.82, 2.24) is 0 Å². The van der Waals surface area contributed by atoms with Gasteiger partial charge in [-0.15, -0.1) is 0 Å². The van der Waals surface area contributed by atoms with E-state index in [1.54, 1.807) is 18.2 Å². The normalized spacial score (nSPS) is 11.0. The number of hydrogen-bond donors (Lipinski definition) is 2. The molecule has 0 atom stereocenters. The van der Waals surface area contributed by atoms with Crippen LogP contribution in [0.4, 0.5) is 24.5 Å². The Balaban J connectivity index is 1.65. The van der Waals surface area contributed by atoms with Crippen LogP contribution in [0.1, 0.15) is 33.2 Å². The van der Waals surface area contributed by atoms with E-state index >= 15 is 0 Å². The van der Waals surface area contributed by atoms with Gasteiger partial charge in [-0.05, 0) is 83.5 Å². The van der Waals surface area contributed by atoms with E-state index in [1.165, 1.54) is 36.4 Å². The van der Waals surface area contributed by atoms with Crippen molar-refractivity contribution in [3.63, 3.8) is 0 Å². The Bertz CT molecular complexity index is 1130. The molecule has 0 bridgehead atoms. The second-order valence-corrected chi connectivity index (χ2v) is 7.50. The van der Waals surface area contributed by atoms with Crippen molar-refractivity contribution in [3.05, 3.63) is 87.9 Å². The summed E-state index contributed by atoms with van der Waals surface area (Å²) in [6.07, 6.45) is -4.50. The summed E-state index contributed by atoms with van der Waals surface area (Å²) in [7, 11) is 0. The van der Waals surface area contributed by atoms with Gasteiger partial charge in [-0.2, -0.15) is 13.2 Å². The van der Waals surface area contributed by atoms with Crippen molar-refractivity contribution in [1.29, 1.82) is 0 Å². The van der Waals surface area contributed by atoms with Crippen LogP contribution in [-0.2, 0) is 6.18 Å². The first-order valence-electron chi connectivity index (χ1n) is 9.49. The van der Waals surface area contributed by atoms with Crippen molar-refractivity contribution < 1.29 is 27.5 Å². The fourth-order valence-electron chi connectivity index (χ4n) is 2.80. The third-order valence-corrected chi connectivity index (χ3v) is 4.97. The van der Waals surface area contributed by atoms with Crippen molar-refractivity contribution in [3.8, 4) is 5.75 Å². The van der Waals surface area contributed by atoms with Gasteiger partial charge in [-0.3, -0.25) is 9.59 Å². The third kappa shape index (κ3) is 5.88. The van der Waals surface area contributed by atoms with Crippen LogP contribution in [0, 0.1) is 0 Å². The van der Waals surface area contributed by atoms with E-state index in [1.807, 2.05) is 6.92 Å². The number of hydrogen-bond acceptors (Lipinski definition) is 3. The van der Waals surface area contributed by atoms with Gasteiger partial charge < -0.3 is 15.4 Å². The molecular formula is C23H18BrF3N2O3. The van der Waals surface area contributed by atoms with Crippen LogP contribution in [0.5, 0.6) is 5.75 Å². The Hall–Kier alpha value is -3.33. The summed E-state index contributed by atoms with van der Waals surface area (Å²) in [5.74, 6) is -0.298. The molecule has 32 heavy (non-hydrogen) atoms. The van der Waals surface area contributed by atoms with Crippen LogP contribution in [0.3, 0.4) is 0 Å². The molecule has 9 heteroatoms. The number of nitrogens with one attached hydrogen (secondary N) is 2. The molecule has 5 nitrogen and oxygen atoms in total. The number of benzene rings is 3. The van der Waals surface area contributed by atoms with Gasteiger partial charge in [0.25, 0.3) is 11.8 Å².